The summed E-state index contributed by atoms with van der Waals surface area (Å²) in [6.45, 7) is 0.849. The van der Waals surface area contributed by atoms with Gasteiger partial charge in [0.2, 0.25) is 9.84 Å². The summed E-state index contributed by atoms with van der Waals surface area (Å²) in [4.78, 5) is 14.8. The highest BCUT2D eigenvalue weighted by Crippen LogP contribution is 2.40. The van der Waals surface area contributed by atoms with Crippen molar-refractivity contribution in [1.29, 1.82) is 0 Å². The summed E-state index contributed by atoms with van der Waals surface area (Å²) in [6, 6.07) is 14.1. The molecule has 1 atom stereocenters. The Balaban J connectivity index is 1.47. The molecule has 0 N–H and O–H groups in total. The molecule has 2 aliphatic carbocycles. The van der Waals surface area contributed by atoms with Crippen molar-refractivity contribution in [3.05, 3.63) is 77.5 Å². The van der Waals surface area contributed by atoms with Gasteiger partial charge in [-0.05, 0) is 85.2 Å². The Morgan fingerprint density at radius 1 is 0.862 bits per heavy atom. The van der Waals surface area contributed by atoms with Gasteiger partial charge in [0.1, 0.15) is 0 Å². The summed E-state index contributed by atoms with van der Waals surface area (Å²) < 4.78 is 25.9. The smallest absolute Gasteiger partial charge is 0.206 e. The molecule has 0 spiro atoms. The summed E-state index contributed by atoms with van der Waals surface area (Å²) in [5.74, 6) is 0.739. The van der Waals surface area contributed by atoms with Crippen molar-refractivity contribution in [1.82, 2.24) is 0 Å². The van der Waals surface area contributed by atoms with Crippen molar-refractivity contribution >= 4 is 21.3 Å². The number of allylic oxidation sites excluding steroid dienone is 4. The van der Waals surface area contributed by atoms with Crippen LogP contribution in [0.4, 0.5) is 5.69 Å². The fourth-order valence-corrected chi connectivity index (χ4v) is 6.04. The predicted octanol–water partition coefficient (Wildman–Crippen LogP) is 4.47. The van der Waals surface area contributed by atoms with Crippen LogP contribution in [0.2, 0.25) is 0 Å². The Morgan fingerprint density at radius 2 is 1.66 bits per heavy atom. The number of nitrogens with zero attached hydrogens (tertiary/aromatic N) is 1. The molecule has 148 valence electrons. The van der Waals surface area contributed by atoms with Gasteiger partial charge in [0.15, 0.2) is 5.78 Å². The highest BCUT2D eigenvalue weighted by molar-refractivity contribution is 7.91. The minimum absolute atomic E-state index is 0.228. The van der Waals surface area contributed by atoms with Gasteiger partial charge >= 0.3 is 0 Å². The van der Waals surface area contributed by atoms with Crippen LogP contribution in [0.3, 0.4) is 0 Å². The summed E-state index contributed by atoms with van der Waals surface area (Å²) in [5.41, 5.74) is 4.56. The number of fused-ring (bicyclic) bond motifs is 2. The van der Waals surface area contributed by atoms with Crippen molar-refractivity contribution < 1.29 is 13.2 Å². The lowest BCUT2D eigenvalue weighted by molar-refractivity contribution is -0.115. The van der Waals surface area contributed by atoms with E-state index in [2.05, 4.69) is 11.0 Å². The van der Waals surface area contributed by atoms with E-state index < -0.39 is 9.84 Å². The molecule has 0 saturated carbocycles. The Labute approximate surface area is 171 Å². The molecular formula is C24H23NO3S. The summed E-state index contributed by atoms with van der Waals surface area (Å²) >= 11 is 0. The number of benzene rings is 2. The lowest BCUT2D eigenvalue weighted by Gasteiger charge is -2.32. The van der Waals surface area contributed by atoms with E-state index in [0.29, 0.717) is 22.1 Å². The monoisotopic (exact) mass is 405 g/mol. The van der Waals surface area contributed by atoms with Gasteiger partial charge in [0, 0.05) is 24.4 Å². The second-order valence-electron chi connectivity index (χ2n) is 8.03. The third-order valence-electron chi connectivity index (χ3n) is 6.28. The fraction of sp³-hybridized carbons (Fsp3) is 0.292. The third-order valence-corrected chi connectivity index (χ3v) is 8.04. The molecule has 5 rings (SSSR count). The second-order valence-corrected chi connectivity index (χ2v) is 9.98. The molecule has 29 heavy (non-hydrogen) atoms. The van der Waals surface area contributed by atoms with E-state index in [1.165, 1.54) is 11.3 Å². The third kappa shape index (κ3) is 3.23. The summed E-state index contributed by atoms with van der Waals surface area (Å²) in [5, 5.41) is 0. The fourth-order valence-electron chi connectivity index (χ4n) is 4.71. The predicted molar refractivity (Wildman–Crippen MR) is 113 cm³/mol. The lowest BCUT2D eigenvalue weighted by Crippen LogP contribution is -2.25. The molecule has 3 aliphatic rings. The number of carbonyl (C=O) groups is 1. The minimum Gasteiger partial charge on any atom is -0.345 e. The van der Waals surface area contributed by atoms with E-state index in [-0.39, 0.29) is 5.78 Å². The van der Waals surface area contributed by atoms with Crippen molar-refractivity contribution in [2.75, 3.05) is 11.4 Å². The SMILES string of the molecule is O=C1C=C2C=C(N3CCc4cc(S(=O)(=O)c5ccccc5)ccc43)CCC2CC1. The largest absolute Gasteiger partial charge is 0.345 e. The minimum atomic E-state index is -3.50. The van der Waals surface area contributed by atoms with Gasteiger partial charge in [0.25, 0.3) is 0 Å². The van der Waals surface area contributed by atoms with Gasteiger partial charge in [-0.15, -0.1) is 0 Å². The van der Waals surface area contributed by atoms with Crippen LogP contribution in [-0.2, 0) is 21.1 Å². The molecule has 2 aromatic carbocycles. The van der Waals surface area contributed by atoms with Crippen LogP contribution < -0.4 is 4.90 Å². The van der Waals surface area contributed by atoms with E-state index in [4.69, 9.17) is 0 Å². The number of carbonyl (C=O) groups excluding carboxylic acids is 1. The molecule has 0 amide bonds. The number of ketones is 1. The molecule has 4 nitrogen and oxygen atoms in total. The first kappa shape index (κ1) is 18.4. The molecular weight excluding hydrogens is 382 g/mol. The maximum atomic E-state index is 12.9. The first-order valence-electron chi connectivity index (χ1n) is 10.2. The molecule has 0 aromatic heterocycles. The number of rotatable bonds is 3. The molecule has 1 aliphatic heterocycles. The maximum Gasteiger partial charge on any atom is 0.206 e. The molecule has 2 aromatic rings. The van der Waals surface area contributed by atoms with Gasteiger partial charge in [-0.25, -0.2) is 8.42 Å². The van der Waals surface area contributed by atoms with Crippen LogP contribution in [0, 0.1) is 5.92 Å². The van der Waals surface area contributed by atoms with Crippen LogP contribution >= 0.6 is 0 Å². The summed E-state index contributed by atoms with van der Waals surface area (Å²) in [6.07, 6.45) is 8.55. The second kappa shape index (κ2) is 6.99. The van der Waals surface area contributed by atoms with Crippen molar-refractivity contribution in [3.63, 3.8) is 0 Å². The van der Waals surface area contributed by atoms with Crippen LogP contribution in [0.5, 0.6) is 0 Å². The van der Waals surface area contributed by atoms with E-state index >= 15 is 0 Å². The highest BCUT2D eigenvalue weighted by atomic mass is 32.2. The highest BCUT2D eigenvalue weighted by Gasteiger charge is 2.30. The topological polar surface area (TPSA) is 54.5 Å². The van der Waals surface area contributed by atoms with Crippen LogP contribution in [0.25, 0.3) is 0 Å². The average molecular weight is 406 g/mol. The zero-order chi connectivity index (χ0) is 20.0. The first-order chi connectivity index (χ1) is 14.0. The number of anilines is 1. The van der Waals surface area contributed by atoms with Crippen LogP contribution in [0.1, 0.15) is 31.2 Å². The lowest BCUT2D eigenvalue weighted by atomic mass is 9.79. The molecule has 0 fully saturated rings. The van der Waals surface area contributed by atoms with Crippen LogP contribution in [-0.4, -0.2) is 20.7 Å². The molecule has 1 heterocycles. The van der Waals surface area contributed by atoms with Crippen molar-refractivity contribution in [2.45, 2.75) is 41.9 Å². The van der Waals surface area contributed by atoms with E-state index in [0.717, 1.165) is 43.5 Å². The Bertz CT molecular complexity index is 1150. The molecule has 0 bridgehead atoms. The van der Waals surface area contributed by atoms with Gasteiger partial charge in [-0.3, -0.25) is 4.79 Å². The molecule has 0 radical (unpaired) electrons. The molecule has 0 saturated heterocycles. The van der Waals surface area contributed by atoms with E-state index in [9.17, 15) is 13.2 Å². The van der Waals surface area contributed by atoms with Crippen molar-refractivity contribution in [2.24, 2.45) is 5.92 Å². The number of hydrogen-bond acceptors (Lipinski definition) is 4. The Hall–Kier alpha value is -2.66. The van der Waals surface area contributed by atoms with Gasteiger partial charge in [-0.1, -0.05) is 18.2 Å². The average Bonchev–Trinajstić information content (AvgIpc) is 3.17. The standard InChI is InChI=1S/C24H23NO3S/c26-21-9-7-17-6-8-20(14-19(17)15-21)25-13-12-18-16-23(10-11-24(18)25)29(27,28)22-4-2-1-3-5-22/h1-5,10-11,14-17H,6-9,12-13H2. The van der Waals surface area contributed by atoms with Crippen LogP contribution in [0.15, 0.2) is 81.7 Å². The van der Waals surface area contributed by atoms with Crippen molar-refractivity contribution in [3.8, 4) is 0 Å². The Kier molecular flexibility index (Phi) is 4.43. The number of hydrogen-bond donors (Lipinski definition) is 0. The number of sulfone groups is 1. The normalized spacial score (nSPS) is 21.3. The Morgan fingerprint density at radius 3 is 2.48 bits per heavy atom. The van der Waals surface area contributed by atoms with E-state index in [1.807, 2.05) is 24.3 Å². The first-order valence-corrected chi connectivity index (χ1v) is 11.7. The zero-order valence-electron chi connectivity index (χ0n) is 16.2. The molecule has 1 unspecified atom stereocenters. The van der Waals surface area contributed by atoms with Gasteiger partial charge < -0.3 is 4.90 Å². The van der Waals surface area contributed by atoms with Gasteiger partial charge in [0.05, 0.1) is 9.79 Å². The quantitative estimate of drug-likeness (QED) is 0.756. The molecule has 5 heteroatoms. The van der Waals surface area contributed by atoms with E-state index in [1.54, 1.807) is 30.3 Å². The summed E-state index contributed by atoms with van der Waals surface area (Å²) in [7, 11) is -3.50. The maximum absolute atomic E-state index is 12.9. The zero-order valence-corrected chi connectivity index (χ0v) is 17.0. The van der Waals surface area contributed by atoms with Gasteiger partial charge in [-0.2, -0.15) is 0 Å².